The summed E-state index contributed by atoms with van der Waals surface area (Å²) in [6.07, 6.45) is 4.97. The lowest BCUT2D eigenvalue weighted by Gasteiger charge is -2.15. The van der Waals surface area contributed by atoms with Crippen LogP contribution in [0.2, 0.25) is 0 Å². The minimum Gasteiger partial charge on any atom is -0.390 e. The van der Waals surface area contributed by atoms with Crippen LogP contribution in [0, 0.1) is 0 Å². The van der Waals surface area contributed by atoms with Gasteiger partial charge in [-0.15, -0.1) is 0 Å². The summed E-state index contributed by atoms with van der Waals surface area (Å²) >= 11 is 0. The van der Waals surface area contributed by atoms with E-state index in [4.69, 9.17) is 0 Å². The number of rotatable bonds is 6. The van der Waals surface area contributed by atoms with Gasteiger partial charge < -0.3 is 9.67 Å². The van der Waals surface area contributed by atoms with E-state index in [1.807, 2.05) is 6.92 Å². The molecule has 1 aromatic rings. The molecule has 1 atom stereocenters. The highest BCUT2D eigenvalue weighted by atomic mass is 32.2. The number of nitrogens with zero attached hydrogens (tertiary/aromatic N) is 2. The maximum Gasteiger partial charge on any atom is 0.242 e. The van der Waals surface area contributed by atoms with Gasteiger partial charge in [0.2, 0.25) is 10.0 Å². The van der Waals surface area contributed by atoms with E-state index in [0.717, 1.165) is 19.5 Å². The minimum absolute atomic E-state index is 0.00171. The molecule has 2 N–H and O–H groups in total. The van der Waals surface area contributed by atoms with E-state index in [1.54, 1.807) is 16.8 Å². The first-order valence-electron chi connectivity index (χ1n) is 7.59. The molecule has 0 amide bonds. The van der Waals surface area contributed by atoms with E-state index in [1.165, 1.54) is 12.8 Å². The van der Waals surface area contributed by atoms with Crippen molar-refractivity contribution in [1.29, 1.82) is 0 Å². The first-order valence-corrected chi connectivity index (χ1v) is 9.08. The van der Waals surface area contributed by atoms with E-state index in [-0.39, 0.29) is 17.5 Å². The molecule has 6 nitrogen and oxygen atoms in total. The second-order valence-corrected chi connectivity index (χ2v) is 7.66. The van der Waals surface area contributed by atoms with Crippen molar-refractivity contribution < 1.29 is 13.5 Å². The van der Waals surface area contributed by atoms with Crippen LogP contribution in [0.5, 0.6) is 0 Å². The van der Waals surface area contributed by atoms with Gasteiger partial charge in [0.15, 0.2) is 0 Å². The van der Waals surface area contributed by atoms with Crippen molar-refractivity contribution in [3.63, 3.8) is 0 Å². The van der Waals surface area contributed by atoms with Crippen LogP contribution in [-0.4, -0.2) is 48.2 Å². The first-order chi connectivity index (χ1) is 10.0. The molecule has 2 fully saturated rings. The molecule has 0 radical (unpaired) electrons. The number of aliphatic hydroxyl groups is 1. The van der Waals surface area contributed by atoms with Gasteiger partial charge in [0.1, 0.15) is 0 Å². The van der Waals surface area contributed by atoms with Gasteiger partial charge >= 0.3 is 0 Å². The number of hydrogen-bond donors (Lipinski definition) is 2. The van der Waals surface area contributed by atoms with Crippen molar-refractivity contribution in [2.24, 2.45) is 0 Å². The summed E-state index contributed by atoms with van der Waals surface area (Å²) in [5, 5.41) is 9.27. The molecular weight excluding hydrogens is 290 g/mol. The Balaban J connectivity index is 1.70. The summed E-state index contributed by atoms with van der Waals surface area (Å²) in [6, 6.07) is 2.24. The fourth-order valence-electron chi connectivity index (χ4n) is 3.04. The molecule has 1 aliphatic carbocycles. The van der Waals surface area contributed by atoms with Gasteiger partial charge in [-0.05, 0) is 32.3 Å². The molecular formula is C14H23N3O3S. The van der Waals surface area contributed by atoms with Gasteiger partial charge in [0.05, 0.1) is 11.5 Å². The SMILES string of the molecule is CCn1cc(S(=O)(=O)NC2CCN(C3CC3)C2)cc1CO. The Bertz CT molecular complexity index is 585. The third-order valence-corrected chi connectivity index (χ3v) is 5.87. The zero-order valence-corrected chi connectivity index (χ0v) is 13.1. The molecule has 1 saturated heterocycles. The molecule has 3 rings (SSSR count). The topological polar surface area (TPSA) is 74.6 Å². The van der Waals surface area contributed by atoms with E-state index in [2.05, 4.69) is 9.62 Å². The zero-order valence-electron chi connectivity index (χ0n) is 12.3. The van der Waals surface area contributed by atoms with E-state index in [9.17, 15) is 13.5 Å². The van der Waals surface area contributed by atoms with Crippen LogP contribution in [-0.2, 0) is 23.2 Å². The molecule has 0 aromatic carbocycles. The monoisotopic (exact) mass is 313 g/mol. The van der Waals surface area contributed by atoms with Gasteiger partial charge in [-0.1, -0.05) is 0 Å². The van der Waals surface area contributed by atoms with Crippen molar-refractivity contribution in [2.75, 3.05) is 13.1 Å². The summed E-state index contributed by atoms with van der Waals surface area (Å²) in [5.74, 6) is 0. The molecule has 21 heavy (non-hydrogen) atoms. The van der Waals surface area contributed by atoms with E-state index < -0.39 is 10.0 Å². The number of aryl methyl sites for hydroxylation is 1. The van der Waals surface area contributed by atoms with Gasteiger partial charge in [-0.2, -0.15) is 0 Å². The molecule has 2 heterocycles. The lowest BCUT2D eigenvalue weighted by Crippen LogP contribution is -2.37. The Labute approximate surface area is 125 Å². The molecule has 0 bridgehead atoms. The van der Waals surface area contributed by atoms with Gasteiger partial charge in [0.25, 0.3) is 0 Å². The van der Waals surface area contributed by atoms with Crippen LogP contribution in [0.1, 0.15) is 31.9 Å². The predicted molar refractivity (Wildman–Crippen MR) is 79.4 cm³/mol. The van der Waals surface area contributed by atoms with Crippen molar-refractivity contribution in [3.8, 4) is 0 Å². The summed E-state index contributed by atoms with van der Waals surface area (Å²) in [4.78, 5) is 2.63. The largest absolute Gasteiger partial charge is 0.390 e. The van der Waals surface area contributed by atoms with Gasteiger partial charge in [0, 0.05) is 43.6 Å². The highest BCUT2D eigenvalue weighted by molar-refractivity contribution is 7.89. The molecule has 1 aliphatic heterocycles. The molecule has 1 unspecified atom stereocenters. The zero-order chi connectivity index (χ0) is 15.0. The maximum atomic E-state index is 12.5. The number of sulfonamides is 1. The smallest absolute Gasteiger partial charge is 0.242 e. The Morgan fingerprint density at radius 2 is 2.14 bits per heavy atom. The van der Waals surface area contributed by atoms with E-state index in [0.29, 0.717) is 18.3 Å². The van der Waals surface area contributed by atoms with Crippen LogP contribution in [0.25, 0.3) is 0 Å². The average molecular weight is 313 g/mol. The summed E-state index contributed by atoms with van der Waals surface area (Å²) in [7, 11) is -3.50. The molecule has 1 saturated carbocycles. The molecule has 7 heteroatoms. The Morgan fingerprint density at radius 3 is 2.71 bits per heavy atom. The fraction of sp³-hybridized carbons (Fsp3) is 0.714. The van der Waals surface area contributed by atoms with Crippen LogP contribution in [0.4, 0.5) is 0 Å². The number of aliphatic hydroxyl groups excluding tert-OH is 1. The van der Waals surface area contributed by atoms with Crippen molar-refractivity contribution >= 4 is 10.0 Å². The second-order valence-electron chi connectivity index (χ2n) is 5.94. The van der Waals surface area contributed by atoms with Crippen molar-refractivity contribution in [1.82, 2.24) is 14.2 Å². The van der Waals surface area contributed by atoms with Crippen molar-refractivity contribution in [2.45, 2.75) is 56.3 Å². The third kappa shape index (κ3) is 3.15. The van der Waals surface area contributed by atoms with Crippen LogP contribution in [0.15, 0.2) is 17.2 Å². The molecule has 0 spiro atoms. The highest BCUT2D eigenvalue weighted by Gasteiger charge is 2.36. The van der Waals surface area contributed by atoms with Gasteiger partial charge in [-0.3, -0.25) is 4.90 Å². The maximum absolute atomic E-state index is 12.5. The Kier molecular flexibility index (Phi) is 4.09. The predicted octanol–water partition coefficient (Wildman–Crippen LogP) is 0.515. The number of likely N-dealkylation sites (tertiary alicyclic amines) is 1. The quantitative estimate of drug-likeness (QED) is 0.803. The third-order valence-electron chi connectivity index (χ3n) is 4.38. The summed E-state index contributed by atoms with van der Waals surface area (Å²) < 4.78 is 29.5. The second kappa shape index (κ2) is 5.72. The van der Waals surface area contributed by atoms with E-state index >= 15 is 0 Å². The average Bonchev–Trinajstić information content (AvgIpc) is 3.05. The lowest BCUT2D eigenvalue weighted by molar-refractivity contribution is 0.271. The number of nitrogens with one attached hydrogen (secondary N) is 1. The summed E-state index contributed by atoms with van der Waals surface area (Å²) in [6.45, 7) is 4.21. The van der Waals surface area contributed by atoms with Crippen LogP contribution in [0.3, 0.4) is 0 Å². The van der Waals surface area contributed by atoms with Crippen LogP contribution < -0.4 is 4.72 Å². The Hall–Kier alpha value is -0.890. The molecule has 2 aliphatic rings. The standard InChI is InChI=1S/C14H23N3O3S/c1-2-16-9-14(7-13(16)10-18)21(19,20)15-11-5-6-17(8-11)12-3-4-12/h7,9,11-12,15,18H,2-6,8,10H2,1H3. The number of aromatic nitrogens is 1. The normalized spacial score (nSPS) is 23.8. The van der Waals surface area contributed by atoms with Gasteiger partial charge in [-0.25, -0.2) is 13.1 Å². The summed E-state index contributed by atoms with van der Waals surface area (Å²) in [5.41, 5.74) is 0.629. The minimum atomic E-state index is -3.50. The fourth-order valence-corrected chi connectivity index (χ4v) is 4.37. The number of hydrogen-bond acceptors (Lipinski definition) is 4. The van der Waals surface area contributed by atoms with Crippen molar-refractivity contribution in [3.05, 3.63) is 18.0 Å². The first kappa shape index (κ1) is 15.0. The Morgan fingerprint density at radius 1 is 1.38 bits per heavy atom. The molecule has 118 valence electrons. The lowest BCUT2D eigenvalue weighted by atomic mass is 10.3. The molecule has 1 aromatic heterocycles. The highest BCUT2D eigenvalue weighted by Crippen LogP contribution is 2.30. The van der Waals surface area contributed by atoms with Crippen LogP contribution >= 0.6 is 0 Å².